The SMILES string of the molecule is Cc1nn(C)c(C)c1C1COCCN1C(=O)C1CCCC(C(=O)O)C1. The van der Waals surface area contributed by atoms with Crippen molar-refractivity contribution in [1.82, 2.24) is 14.7 Å². The Kier molecular flexibility index (Phi) is 5.13. The summed E-state index contributed by atoms with van der Waals surface area (Å²) in [7, 11) is 1.90. The zero-order valence-electron chi connectivity index (χ0n) is 15.2. The van der Waals surface area contributed by atoms with E-state index in [1.807, 2.05) is 30.5 Å². The van der Waals surface area contributed by atoms with E-state index in [1.54, 1.807) is 0 Å². The molecule has 7 nitrogen and oxygen atoms in total. The first kappa shape index (κ1) is 17.9. The fourth-order valence-electron chi connectivity index (χ4n) is 4.25. The monoisotopic (exact) mass is 349 g/mol. The molecule has 0 radical (unpaired) electrons. The van der Waals surface area contributed by atoms with Gasteiger partial charge in [0.2, 0.25) is 5.91 Å². The Bertz CT molecular complexity index is 670. The number of nitrogens with zero attached hydrogens (tertiary/aromatic N) is 3. The molecule has 1 saturated heterocycles. The Morgan fingerprint density at radius 1 is 1.24 bits per heavy atom. The van der Waals surface area contributed by atoms with Crippen molar-refractivity contribution in [2.75, 3.05) is 19.8 Å². The van der Waals surface area contributed by atoms with E-state index in [1.165, 1.54) is 0 Å². The van der Waals surface area contributed by atoms with Gasteiger partial charge in [-0.1, -0.05) is 6.42 Å². The van der Waals surface area contributed by atoms with Crippen LogP contribution in [0.3, 0.4) is 0 Å². The van der Waals surface area contributed by atoms with Gasteiger partial charge < -0.3 is 14.7 Å². The second kappa shape index (κ2) is 7.15. The summed E-state index contributed by atoms with van der Waals surface area (Å²) >= 11 is 0. The number of aromatic nitrogens is 2. The molecule has 2 heterocycles. The molecular weight excluding hydrogens is 322 g/mol. The number of ether oxygens (including phenoxy) is 1. The van der Waals surface area contributed by atoms with Crippen LogP contribution in [0.5, 0.6) is 0 Å². The van der Waals surface area contributed by atoms with Gasteiger partial charge in [0.1, 0.15) is 0 Å². The summed E-state index contributed by atoms with van der Waals surface area (Å²) in [4.78, 5) is 26.4. The molecule has 0 bridgehead atoms. The zero-order valence-corrected chi connectivity index (χ0v) is 15.2. The lowest BCUT2D eigenvalue weighted by Gasteiger charge is -2.39. The molecule has 0 spiro atoms. The third-order valence-corrected chi connectivity index (χ3v) is 5.68. The van der Waals surface area contributed by atoms with Crippen LogP contribution in [0.2, 0.25) is 0 Å². The van der Waals surface area contributed by atoms with E-state index in [4.69, 9.17) is 4.74 Å². The van der Waals surface area contributed by atoms with Gasteiger partial charge in [0.25, 0.3) is 0 Å². The minimum atomic E-state index is -0.782. The first-order valence-corrected chi connectivity index (χ1v) is 9.01. The lowest BCUT2D eigenvalue weighted by molar-refractivity contribution is -0.149. The van der Waals surface area contributed by atoms with E-state index in [2.05, 4.69) is 5.10 Å². The van der Waals surface area contributed by atoms with Gasteiger partial charge in [0.15, 0.2) is 0 Å². The molecule has 1 N–H and O–H groups in total. The first-order chi connectivity index (χ1) is 11.9. The second-order valence-electron chi connectivity index (χ2n) is 7.23. The molecule has 1 amide bonds. The highest BCUT2D eigenvalue weighted by Gasteiger charge is 2.38. The second-order valence-corrected chi connectivity index (χ2v) is 7.23. The van der Waals surface area contributed by atoms with E-state index in [-0.39, 0.29) is 17.9 Å². The Labute approximate surface area is 147 Å². The van der Waals surface area contributed by atoms with Crippen LogP contribution in [0.4, 0.5) is 0 Å². The molecule has 3 unspecified atom stereocenters. The highest BCUT2D eigenvalue weighted by Crippen LogP contribution is 2.35. The van der Waals surface area contributed by atoms with Gasteiger partial charge in [0, 0.05) is 30.8 Å². The van der Waals surface area contributed by atoms with Crippen molar-refractivity contribution >= 4 is 11.9 Å². The minimum Gasteiger partial charge on any atom is -0.481 e. The van der Waals surface area contributed by atoms with E-state index >= 15 is 0 Å². The molecule has 7 heteroatoms. The maximum Gasteiger partial charge on any atom is 0.306 e. The minimum absolute atomic E-state index is 0.0712. The van der Waals surface area contributed by atoms with Gasteiger partial charge in [-0.15, -0.1) is 0 Å². The van der Waals surface area contributed by atoms with Crippen molar-refractivity contribution in [3.05, 3.63) is 17.0 Å². The topological polar surface area (TPSA) is 84.7 Å². The molecule has 25 heavy (non-hydrogen) atoms. The van der Waals surface area contributed by atoms with Gasteiger partial charge in [0.05, 0.1) is 30.9 Å². The Morgan fingerprint density at radius 3 is 2.60 bits per heavy atom. The van der Waals surface area contributed by atoms with Gasteiger partial charge in [-0.3, -0.25) is 14.3 Å². The van der Waals surface area contributed by atoms with Crippen molar-refractivity contribution in [1.29, 1.82) is 0 Å². The summed E-state index contributed by atoms with van der Waals surface area (Å²) in [5, 5.41) is 13.8. The van der Waals surface area contributed by atoms with E-state index in [9.17, 15) is 14.7 Å². The van der Waals surface area contributed by atoms with E-state index in [0.29, 0.717) is 32.6 Å². The molecule has 2 aliphatic rings. The number of hydrogen-bond acceptors (Lipinski definition) is 4. The number of carbonyl (C=O) groups is 2. The van der Waals surface area contributed by atoms with E-state index in [0.717, 1.165) is 29.8 Å². The normalized spacial score (nSPS) is 27.3. The number of morpholine rings is 1. The van der Waals surface area contributed by atoms with Crippen LogP contribution in [0.25, 0.3) is 0 Å². The highest BCUT2D eigenvalue weighted by atomic mass is 16.5. The number of carbonyl (C=O) groups excluding carboxylic acids is 1. The van der Waals surface area contributed by atoms with E-state index < -0.39 is 11.9 Å². The number of carboxylic acid groups (broad SMARTS) is 1. The highest BCUT2D eigenvalue weighted by molar-refractivity contribution is 5.81. The summed E-state index contributed by atoms with van der Waals surface area (Å²) in [6.07, 6.45) is 2.70. The number of aryl methyl sites for hydroxylation is 2. The van der Waals surface area contributed by atoms with Crippen LogP contribution < -0.4 is 0 Å². The van der Waals surface area contributed by atoms with Crippen LogP contribution in [-0.4, -0.2) is 51.4 Å². The summed E-state index contributed by atoms with van der Waals surface area (Å²) in [5.74, 6) is -1.31. The molecule has 2 fully saturated rings. The zero-order chi connectivity index (χ0) is 18.1. The Hall–Kier alpha value is -1.89. The molecular formula is C18H27N3O4. The molecule has 1 aromatic heterocycles. The van der Waals surface area contributed by atoms with Crippen molar-refractivity contribution in [3.63, 3.8) is 0 Å². The average Bonchev–Trinajstić information content (AvgIpc) is 2.86. The third kappa shape index (κ3) is 3.42. The summed E-state index contributed by atoms with van der Waals surface area (Å²) < 4.78 is 7.49. The predicted molar refractivity (Wildman–Crippen MR) is 91.0 cm³/mol. The van der Waals surface area contributed by atoms with Gasteiger partial charge >= 0.3 is 5.97 Å². The largest absolute Gasteiger partial charge is 0.481 e. The molecule has 1 aliphatic carbocycles. The standard InChI is InChI=1S/C18H27N3O4/c1-11-16(12(2)20(3)19-11)15-10-25-8-7-21(15)17(22)13-5-4-6-14(9-13)18(23)24/h13-15H,4-10H2,1-3H3,(H,23,24). The van der Waals surface area contributed by atoms with Crippen molar-refractivity contribution < 1.29 is 19.4 Å². The lowest BCUT2D eigenvalue weighted by Crippen LogP contribution is -2.47. The lowest BCUT2D eigenvalue weighted by atomic mass is 9.80. The Balaban J connectivity index is 1.83. The van der Waals surface area contributed by atoms with Crippen LogP contribution in [0, 0.1) is 25.7 Å². The smallest absolute Gasteiger partial charge is 0.306 e. The first-order valence-electron chi connectivity index (χ1n) is 9.01. The fraction of sp³-hybridized carbons (Fsp3) is 0.722. The van der Waals surface area contributed by atoms with Crippen LogP contribution in [-0.2, 0) is 21.4 Å². The molecule has 0 aromatic carbocycles. The molecule has 1 saturated carbocycles. The number of aliphatic carboxylic acids is 1. The van der Waals surface area contributed by atoms with Crippen LogP contribution in [0.15, 0.2) is 0 Å². The summed E-state index contributed by atoms with van der Waals surface area (Å²) in [6, 6.07) is -0.139. The quantitative estimate of drug-likeness (QED) is 0.900. The number of carboxylic acids is 1. The molecule has 3 atom stereocenters. The van der Waals surface area contributed by atoms with Gasteiger partial charge in [-0.2, -0.15) is 5.10 Å². The summed E-state index contributed by atoms with van der Waals surface area (Å²) in [6.45, 7) is 5.50. The molecule has 1 aliphatic heterocycles. The maximum absolute atomic E-state index is 13.2. The average molecular weight is 349 g/mol. The number of amides is 1. The number of hydrogen-bond donors (Lipinski definition) is 1. The van der Waals surface area contributed by atoms with Crippen LogP contribution in [0.1, 0.15) is 48.7 Å². The molecule has 3 rings (SSSR count). The van der Waals surface area contributed by atoms with Gasteiger partial charge in [-0.05, 0) is 33.1 Å². The molecule has 1 aromatic rings. The maximum atomic E-state index is 13.2. The number of rotatable bonds is 3. The third-order valence-electron chi connectivity index (χ3n) is 5.68. The van der Waals surface area contributed by atoms with Crippen molar-refractivity contribution in [2.24, 2.45) is 18.9 Å². The van der Waals surface area contributed by atoms with Crippen LogP contribution >= 0.6 is 0 Å². The van der Waals surface area contributed by atoms with Crippen molar-refractivity contribution in [3.8, 4) is 0 Å². The predicted octanol–water partition coefficient (Wildman–Crippen LogP) is 1.83. The van der Waals surface area contributed by atoms with Gasteiger partial charge in [-0.25, -0.2) is 0 Å². The molecule has 138 valence electrons. The fourth-order valence-corrected chi connectivity index (χ4v) is 4.25. The Morgan fingerprint density at radius 2 is 1.96 bits per heavy atom. The van der Waals surface area contributed by atoms with Crippen molar-refractivity contribution in [2.45, 2.75) is 45.6 Å². The summed E-state index contributed by atoms with van der Waals surface area (Å²) in [5.41, 5.74) is 3.01.